The summed E-state index contributed by atoms with van der Waals surface area (Å²) in [6.07, 6.45) is 4.59. The SMILES string of the molecule is O=C(O)[C@@H]1CC=CC[C@H]1C(=O)Nc1ccc(N2CCOCC2)cc1. The van der Waals surface area contributed by atoms with E-state index in [0.717, 1.165) is 32.0 Å². The van der Waals surface area contributed by atoms with E-state index in [0.29, 0.717) is 18.5 Å². The number of benzene rings is 1. The Bertz CT molecular complexity index is 620. The van der Waals surface area contributed by atoms with Gasteiger partial charge in [0.05, 0.1) is 25.0 Å². The lowest BCUT2D eigenvalue weighted by Gasteiger charge is -2.29. The lowest BCUT2D eigenvalue weighted by Crippen LogP contribution is -2.36. The van der Waals surface area contributed by atoms with Gasteiger partial charge in [0.2, 0.25) is 5.91 Å². The number of morpholine rings is 1. The maximum atomic E-state index is 12.4. The van der Waals surface area contributed by atoms with Crippen molar-refractivity contribution in [1.29, 1.82) is 0 Å². The number of carbonyl (C=O) groups excluding carboxylic acids is 1. The van der Waals surface area contributed by atoms with E-state index in [1.165, 1.54) is 0 Å². The molecule has 6 nitrogen and oxygen atoms in total. The summed E-state index contributed by atoms with van der Waals surface area (Å²) in [5, 5.41) is 12.1. The Labute approximate surface area is 141 Å². The van der Waals surface area contributed by atoms with E-state index in [1.54, 1.807) is 0 Å². The van der Waals surface area contributed by atoms with Crippen molar-refractivity contribution in [1.82, 2.24) is 0 Å². The topological polar surface area (TPSA) is 78.9 Å². The zero-order chi connectivity index (χ0) is 16.9. The lowest BCUT2D eigenvalue weighted by atomic mass is 9.82. The molecular formula is C18H22N2O4. The van der Waals surface area contributed by atoms with E-state index in [1.807, 2.05) is 36.4 Å². The summed E-state index contributed by atoms with van der Waals surface area (Å²) in [6.45, 7) is 3.18. The number of ether oxygens (including phenoxy) is 1. The number of hydrogen-bond donors (Lipinski definition) is 2. The minimum atomic E-state index is -0.915. The molecule has 0 radical (unpaired) electrons. The molecule has 1 amide bonds. The van der Waals surface area contributed by atoms with Gasteiger partial charge in [-0.15, -0.1) is 0 Å². The fraction of sp³-hybridized carbons (Fsp3) is 0.444. The van der Waals surface area contributed by atoms with Gasteiger partial charge in [0.15, 0.2) is 0 Å². The Hall–Kier alpha value is -2.34. The van der Waals surface area contributed by atoms with Gasteiger partial charge in [0.1, 0.15) is 0 Å². The number of nitrogens with one attached hydrogen (secondary N) is 1. The molecule has 0 bridgehead atoms. The van der Waals surface area contributed by atoms with Crippen molar-refractivity contribution in [2.24, 2.45) is 11.8 Å². The first-order valence-electron chi connectivity index (χ1n) is 8.26. The number of hydrogen-bond acceptors (Lipinski definition) is 4. The van der Waals surface area contributed by atoms with Crippen LogP contribution in [0, 0.1) is 11.8 Å². The summed E-state index contributed by atoms with van der Waals surface area (Å²) < 4.78 is 5.34. The number of anilines is 2. The normalized spacial score (nSPS) is 23.8. The summed E-state index contributed by atoms with van der Waals surface area (Å²) in [4.78, 5) is 26.0. The first kappa shape index (κ1) is 16.5. The van der Waals surface area contributed by atoms with Crippen LogP contribution in [-0.2, 0) is 14.3 Å². The average molecular weight is 330 g/mol. The first-order chi connectivity index (χ1) is 11.6. The molecule has 3 rings (SSSR count). The molecule has 24 heavy (non-hydrogen) atoms. The molecule has 128 valence electrons. The van der Waals surface area contributed by atoms with E-state index in [-0.39, 0.29) is 5.91 Å². The number of amides is 1. The van der Waals surface area contributed by atoms with Crippen LogP contribution >= 0.6 is 0 Å². The Morgan fingerprint density at radius 2 is 1.67 bits per heavy atom. The molecule has 1 aliphatic heterocycles. The van der Waals surface area contributed by atoms with Gasteiger partial charge >= 0.3 is 5.97 Å². The highest BCUT2D eigenvalue weighted by atomic mass is 16.5. The van der Waals surface area contributed by atoms with Gasteiger partial charge in [-0.3, -0.25) is 9.59 Å². The second-order valence-corrected chi connectivity index (χ2v) is 6.13. The molecular weight excluding hydrogens is 308 g/mol. The fourth-order valence-corrected chi connectivity index (χ4v) is 3.19. The molecule has 0 aromatic heterocycles. The highest BCUT2D eigenvalue weighted by Crippen LogP contribution is 2.27. The van der Waals surface area contributed by atoms with Crippen molar-refractivity contribution in [3.05, 3.63) is 36.4 Å². The number of nitrogens with zero attached hydrogens (tertiary/aromatic N) is 1. The minimum Gasteiger partial charge on any atom is -0.481 e. The highest BCUT2D eigenvalue weighted by Gasteiger charge is 2.33. The van der Waals surface area contributed by atoms with Gasteiger partial charge in [-0.05, 0) is 37.1 Å². The summed E-state index contributed by atoms with van der Waals surface area (Å²) in [7, 11) is 0. The number of aliphatic carboxylic acids is 1. The molecule has 1 aromatic rings. The third-order valence-corrected chi connectivity index (χ3v) is 4.60. The van der Waals surface area contributed by atoms with Gasteiger partial charge in [-0.1, -0.05) is 12.2 Å². The van der Waals surface area contributed by atoms with E-state index in [9.17, 15) is 14.7 Å². The highest BCUT2D eigenvalue weighted by molar-refractivity contribution is 5.95. The van der Waals surface area contributed by atoms with Crippen molar-refractivity contribution >= 4 is 23.3 Å². The zero-order valence-electron chi connectivity index (χ0n) is 13.5. The summed E-state index contributed by atoms with van der Waals surface area (Å²) in [5.41, 5.74) is 1.79. The monoisotopic (exact) mass is 330 g/mol. The van der Waals surface area contributed by atoms with Crippen LogP contribution in [0.3, 0.4) is 0 Å². The molecule has 0 unspecified atom stereocenters. The van der Waals surface area contributed by atoms with Gasteiger partial charge < -0.3 is 20.1 Å². The number of carbonyl (C=O) groups is 2. The van der Waals surface area contributed by atoms with Gasteiger partial charge in [-0.25, -0.2) is 0 Å². The molecule has 1 fully saturated rings. The summed E-state index contributed by atoms with van der Waals surface area (Å²) >= 11 is 0. The van der Waals surface area contributed by atoms with Crippen LogP contribution in [0.5, 0.6) is 0 Å². The molecule has 1 aliphatic carbocycles. The van der Waals surface area contributed by atoms with Gasteiger partial charge in [0, 0.05) is 24.5 Å². The second kappa shape index (κ2) is 7.49. The van der Waals surface area contributed by atoms with E-state index in [4.69, 9.17) is 4.74 Å². The predicted molar refractivity (Wildman–Crippen MR) is 91.1 cm³/mol. The molecule has 2 atom stereocenters. The molecule has 1 aromatic carbocycles. The largest absolute Gasteiger partial charge is 0.481 e. The lowest BCUT2D eigenvalue weighted by molar-refractivity contribution is -0.146. The summed E-state index contributed by atoms with van der Waals surface area (Å²) in [6, 6.07) is 7.65. The number of rotatable bonds is 4. The Balaban J connectivity index is 1.63. The van der Waals surface area contributed by atoms with Crippen molar-refractivity contribution in [2.45, 2.75) is 12.8 Å². The molecule has 6 heteroatoms. The molecule has 2 aliphatic rings. The smallest absolute Gasteiger partial charge is 0.307 e. The maximum Gasteiger partial charge on any atom is 0.307 e. The molecule has 2 N–H and O–H groups in total. The molecule has 0 saturated carbocycles. The van der Waals surface area contributed by atoms with Crippen LogP contribution in [-0.4, -0.2) is 43.3 Å². The summed E-state index contributed by atoms with van der Waals surface area (Å²) in [5.74, 6) is -2.32. The van der Waals surface area contributed by atoms with Crippen molar-refractivity contribution in [2.75, 3.05) is 36.5 Å². The molecule has 0 spiro atoms. The van der Waals surface area contributed by atoms with Crippen LogP contribution in [0.25, 0.3) is 0 Å². The average Bonchev–Trinajstić information content (AvgIpc) is 2.63. The number of carboxylic acid groups (broad SMARTS) is 1. The Morgan fingerprint density at radius 1 is 1.04 bits per heavy atom. The van der Waals surface area contributed by atoms with Crippen molar-refractivity contribution in [3.8, 4) is 0 Å². The van der Waals surface area contributed by atoms with Crippen LogP contribution in [0.1, 0.15) is 12.8 Å². The number of carboxylic acids is 1. The minimum absolute atomic E-state index is 0.231. The van der Waals surface area contributed by atoms with Gasteiger partial charge in [-0.2, -0.15) is 0 Å². The van der Waals surface area contributed by atoms with E-state index < -0.39 is 17.8 Å². The standard InChI is InChI=1S/C18H22N2O4/c21-17(15-3-1-2-4-16(15)18(22)23)19-13-5-7-14(8-6-13)20-9-11-24-12-10-20/h1-2,5-8,15-16H,3-4,9-12H2,(H,19,21)(H,22,23)/t15-,16-/m1/s1. The quantitative estimate of drug-likeness (QED) is 0.827. The molecule has 1 heterocycles. The first-order valence-corrected chi connectivity index (χ1v) is 8.26. The van der Waals surface area contributed by atoms with E-state index >= 15 is 0 Å². The molecule has 1 saturated heterocycles. The fourth-order valence-electron chi connectivity index (χ4n) is 3.19. The second-order valence-electron chi connectivity index (χ2n) is 6.13. The third-order valence-electron chi connectivity index (χ3n) is 4.60. The number of allylic oxidation sites excluding steroid dienone is 2. The van der Waals surface area contributed by atoms with Crippen LogP contribution < -0.4 is 10.2 Å². The van der Waals surface area contributed by atoms with Gasteiger partial charge in [0.25, 0.3) is 0 Å². The van der Waals surface area contributed by atoms with Crippen LogP contribution in [0.15, 0.2) is 36.4 Å². The zero-order valence-corrected chi connectivity index (χ0v) is 13.5. The Morgan fingerprint density at radius 3 is 2.29 bits per heavy atom. The van der Waals surface area contributed by atoms with E-state index in [2.05, 4.69) is 10.2 Å². The predicted octanol–water partition coefficient (Wildman–Crippen LogP) is 2.13. The van der Waals surface area contributed by atoms with Crippen molar-refractivity contribution < 1.29 is 19.4 Å². The van der Waals surface area contributed by atoms with Crippen LogP contribution in [0.2, 0.25) is 0 Å². The maximum absolute atomic E-state index is 12.4. The third kappa shape index (κ3) is 3.76. The van der Waals surface area contributed by atoms with Crippen LogP contribution in [0.4, 0.5) is 11.4 Å². The Kier molecular flexibility index (Phi) is 5.15. The van der Waals surface area contributed by atoms with Crippen molar-refractivity contribution in [3.63, 3.8) is 0 Å².